The zero-order valence-corrected chi connectivity index (χ0v) is 13.0. The van der Waals surface area contributed by atoms with E-state index in [4.69, 9.17) is 0 Å². The highest BCUT2D eigenvalue weighted by molar-refractivity contribution is 5.96. The van der Waals surface area contributed by atoms with Crippen LogP contribution < -0.4 is 0 Å². The molecule has 1 aliphatic rings. The first kappa shape index (κ1) is 16.1. The normalized spacial score (nSPS) is 19.3. The highest BCUT2D eigenvalue weighted by Crippen LogP contribution is 2.17. The Kier molecular flexibility index (Phi) is 5.88. The molecule has 0 amide bonds. The van der Waals surface area contributed by atoms with Crippen LogP contribution in [0.15, 0.2) is 24.3 Å². The molecule has 0 spiro atoms. The van der Waals surface area contributed by atoms with Crippen molar-refractivity contribution in [3.8, 4) is 0 Å². The van der Waals surface area contributed by atoms with E-state index < -0.39 is 0 Å². The van der Waals surface area contributed by atoms with Crippen LogP contribution in [0, 0.1) is 5.82 Å². The van der Waals surface area contributed by atoms with Crippen LogP contribution in [0.3, 0.4) is 0 Å². The van der Waals surface area contributed by atoms with Gasteiger partial charge in [0.25, 0.3) is 0 Å². The van der Waals surface area contributed by atoms with Gasteiger partial charge in [-0.25, -0.2) is 4.39 Å². The first-order valence-corrected chi connectivity index (χ1v) is 7.81. The molecule has 0 aliphatic carbocycles. The third-order valence-electron chi connectivity index (χ3n) is 4.31. The standard InChI is InChI=1S/C17H25FN2O/c1-3-20-11-4-5-16(20)13-19(2)12-10-17(21)14-6-8-15(18)9-7-14/h6-9,16H,3-5,10-13H2,1-2H3. The summed E-state index contributed by atoms with van der Waals surface area (Å²) in [6, 6.07) is 6.44. The highest BCUT2D eigenvalue weighted by atomic mass is 19.1. The molecule has 21 heavy (non-hydrogen) atoms. The summed E-state index contributed by atoms with van der Waals surface area (Å²) in [4.78, 5) is 16.8. The Morgan fingerprint density at radius 1 is 1.38 bits per heavy atom. The number of Topliss-reactive ketones (excluding diaryl/α,β-unsaturated/α-hetero) is 1. The minimum atomic E-state index is -0.301. The van der Waals surface area contributed by atoms with Gasteiger partial charge in [0.1, 0.15) is 5.82 Å². The van der Waals surface area contributed by atoms with Gasteiger partial charge in [0, 0.05) is 31.1 Å². The van der Waals surface area contributed by atoms with Crippen LogP contribution in [0.25, 0.3) is 0 Å². The molecule has 1 aromatic carbocycles. The molecule has 1 unspecified atom stereocenters. The number of carbonyl (C=O) groups excluding carboxylic acids is 1. The molecule has 1 saturated heterocycles. The van der Waals surface area contributed by atoms with Crippen molar-refractivity contribution in [2.24, 2.45) is 0 Å². The largest absolute Gasteiger partial charge is 0.304 e. The minimum Gasteiger partial charge on any atom is -0.304 e. The SMILES string of the molecule is CCN1CCCC1CN(C)CCC(=O)c1ccc(F)cc1. The molecule has 0 aromatic heterocycles. The Hall–Kier alpha value is -1.26. The Bertz CT molecular complexity index is 460. The van der Waals surface area contributed by atoms with Crippen molar-refractivity contribution in [2.75, 3.05) is 33.2 Å². The van der Waals surface area contributed by atoms with E-state index in [1.807, 2.05) is 0 Å². The molecule has 116 valence electrons. The fourth-order valence-electron chi connectivity index (χ4n) is 3.04. The molecule has 1 aliphatic heterocycles. The smallest absolute Gasteiger partial charge is 0.164 e. The van der Waals surface area contributed by atoms with Crippen molar-refractivity contribution in [1.82, 2.24) is 9.80 Å². The molecule has 0 N–H and O–H groups in total. The highest BCUT2D eigenvalue weighted by Gasteiger charge is 2.24. The van der Waals surface area contributed by atoms with Crippen molar-refractivity contribution in [2.45, 2.75) is 32.2 Å². The van der Waals surface area contributed by atoms with Gasteiger partial charge in [-0.2, -0.15) is 0 Å². The lowest BCUT2D eigenvalue weighted by molar-refractivity contribution is 0.0962. The van der Waals surface area contributed by atoms with E-state index in [2.05, 4.69) is 23.8 Å². The second-order valence-electron chi connectivity index (χ2n) is 5.87. The Morgan fingerprint density at radius 2 is 2.10 bits per heavy atom. The van der Waals surface area contributed by atoms with Crippen LogP contribution in [-0.2, 0) is 0 Å². The van der Waals surface area contributed by atoms with Crippen LogP contribution in [0.5, 0.6) is 0 Å². The van der Waals surface area contributed by atoms with Crippen molar-refractivity contribution in [3.05, 3.63) is 35.6 Å². The topological polar surface area (TPSA) is 23.6 Å². The molecule has 1 atom stereocenters. The van der Waals surface area contributed by atoms with Crippen molar-refractivity contribution >= 4 is 5.78 Å². The average molecular weight is 292 g/mol. The van der Waals surface area contributed by atoms with Gasteiger partial charge in [-0.05, 0) is 57.2 Å². The van der Waals surface area contributed by atoms with Gasteiger partial charge in [-0.3, -0.25) is 9.69 Å². The van der Waals surface area contributed by atoms with Crippen molar-refractivity contribution < 1.29 is 9.18 Å². The lowest BCUT2D eigenvalue weighted by atomic mass is 10.1. The number of likely N-dealkylation sites (tertiary alicyclic amines) is 1. The van der Waals surface area contributed by atoms with Gasteiger partial charge in [0.2, 0.25) is 0 Å². The van der Waals surface area contributed by atoms with E-state index in [9.17, 15) is 9.18 Å². The maximum absolute atomic E-state index is 12.8. The second kappa shape index (κ2) is 7.66. The molecular weight excluding hydrogens is 267 g/mol. The molecule has 0 radical (unpaired) electrons. The number of hydrogen-bond donors (Lipinski definition) is 0. The number of benzene rings is 1. The maximum Gasteiger partial charge on any atom is 0.164 e. The maximum atomic E-state index is 12.8. The van der Waals surface area contributed by atoms with Crippen LogP contribution in [-0.4, -0.2) is 54.9 Å². The van der Waals surface area contributed by atoms with E-state index in [0.29, 0.717) is 18.0 Å². The van der Waals surface area contributed by atoms with E-state index >= 15 is 0 Å². The Morgan fingerprint density at radius 3 is 2.76 bits per heavy atom. The Labute approximate surface area is 126 Å². The number of rotatable bonds is 7. The third kappa shape index (κ3) is 4.61. The quantitative estimate of drug-likeness (QED) is 0.722. The van der Waals surface area contributed by atoms with Gasteiger partial charge < -0.3 is 4.90 Å². The summed E-state index contributed by atoms with van der Waals surface area (Å²) in [6.07, 6.45) is 3.02. The first-order chi connectivity index (χ1) is 10.1. The molecular formula is C17H25FN2O. The number of halogens is 1. The fraction of sp³-hybridized carbons (Fsp3) is 0.588. The summed E-state index contributed by atoms with van der Waals surface area (Å²) in [7, 11) is 2.07. The number of nitrogens with zero attached hydrogens (tertiary/aromatic N) is 2. The lowest BCUT2D eigenvalue weighted by Gasteiger charge is -2.27. The third-order valence-corrected chi connectivity index (χ3v) is 4.31. The predicted molar refractivity (Wildman–Crippen MR) is 83.1 cm³/mol. The Balaban J connectivity index is 1.77. The van der Waals surface area contributed by atoms with Gasteiger partial charge in [0.15, 0.2) is 5.78 Å². The van der Waals surface area contributed by atoms with E-state index in [0.717, 1.165) is 19.6 Å². The number of hydrogen-bond acceptors (Lipinski definition) is 3. The molecule has 1 fully saturated rings. The first-order valence-electron chi connectivity index (χ1n) is 7.81. The summed E-state index contributed by atoms with van der Waals surface area (Å²) < 4.78 is 12.8. The van der Waals surface area contributed by atoms with Crippen molar-refractivity contribution in [1.29, 1.82) is 0 Å². The number of ketones is 1. The van der Waals surface area contributed by atoms with E-state index in [1.165, 1.54) is 31.5 Å². The average Bonchev–Trinajstić information content (AvgIpc) is 2.92. The van der Waals surface area contributed by atoms with E-state index in [-0.39, 0.29) is 11.6 Å². The summed E-state index contributed by atoms with van der Waals surface area (Å²) in [5.74, 6) is -0.217. The van der Waals surface area contributed by atoms with Crippen LogP contribution >= 0.6 is 0 Å². The molecule has 2 rings (SSSR count). The van der Waals surface area contributed by atoms with E-state index in [1.54, 1.807) is 12.1 Å². The molecule has 1 aromatic rings. The summed E-state index contributed by atoms with van der Waals surface area (Å²) in [5.41, 5.74) is 0.598. The summed E-state index contributed by atoms with van der Waals surface area (Å²) in [6.45, 7) is 6.28. The molecule has 0 saturated carbocycles. The van der Waals surface area contributed by atoms with Crippen LogP contribution in [0.2, 0.25) is 0 Å². The summed E-state index contributed by atoms with van der Waals surface area (Å²) >= 11 is 0. The molecule has 0 bridgehead atoms. The van der Waals surface area contributed by atoms with Crippen molar-refractivity contribution in [3.63, 3.8) is 0 Å². The van der Waals surface area contributed by atoms with Crippen LogP contribution in [0.4, 0.5) is 4.39 Å². The van der Waals surface area contributed by atoms with Crippen LogP contribution in [0.1, 0.15) is 36.5 Å². The van der Waals surface area contributed by atoms with Gasteiger partial charge in [0.05, 0.1) is 0 Å². The molecule has 4 heteroatoms. The minimum absolute atomic E-state index is 0.0839. The fourth-order valence-corrected chi connectivity index (χ4v) is 3.04. The number of likely N-dealkylation sites (N-methyl/N-ethyl adjacent to an activating group) is 2. The molecule has 1 heterocycles. The van der Waals surface area contributed by atoms with Gasteiger partial charge in [-0.1, -0.05) is 6.92 Å². The molecule has 3 nitrogen and oxygen atoms in total. The monoisotopic (exact) mass is 292 g/mol. The number of carbonyl (C=O) groups is 1. The second-order valence-corrected chi connectivity index (χ2v) is 5.87. The zero-order valence-electron chi connectivity index (χ0n) is 13.0. The van der Waals surface area contributed by atoms with Gasteiger partial charge >= 0.3 is 0 Å². The summed E-state index contributed by atoms with van der Waals surface area (Å²) in [5, 5.41) is 0. The zero-order chi connectivity index (χ0) is 15.2. The lowest BCUT2D eigenvalue weighted by Crippen LogP contribution is -2.39. The van der Waals surface area contributed by atoms with Gasteiger partial charge in [-0.15, -0.1) is 0 Å². The predicted octanol–water partition coefficient (Wildman–Crippen LogP) is 2.81.